The number of amides is 1. The first-order chi connectivity index (χ1) is 16.5. The monoisotopic (exact) mass is 484 g/mol. The Kier molecular flexibility index (Phi) is 10.4. The zero-order valence-electron chi connectivity index (χ0n) is 22.1. The van der Waals surface area contributed by atoms with Gasteiger partial charge in [0.25, 0.3) is 0 Å². The van der Waals surface area contributed by atoms with Crippen molar-refractivity contribution in [2.75, 3.05) is 19.8 Å². The Bertz CT molecular complexity index is 937. The topological polar surface area (TPSA) is 89.8 Å². The van der Waals surface area contributed by atoms with Gasteiger partial charge in [0.1, 0.15) is 17.4 Å². The van der Waals surface area contributed by atoms with Gasteiger partial charge in [0, 0.05) is 5.56 Å². The fourth-order valence-corrected chi connectivity index (χ4v) is 3.43. The Morgan fingerprint density at radius 2 is 1.77 bits per heavy atom. The summed E-state index contributed by atoms with van der Waals surface area (Å²) < 4.78 is 22.8. The maximum Gasteiger partial charge on any atom is 0.409 e. The van der Waals surface area contributed by atoms with Crippen LogP contribution in [0.5, 0.6) is 5.75 Å². The second-order valence-corrected chi connectivity index (χ2v) is 10.4. The van der Waals surface area contributed by atoms with Crippen LogP contribution >= 0.6 is 0 Å². The highest BCUT2D eigenvalue weighted by Crippen LogP contribution is 2.25. The molecule has 1 heterocycles. The third-order valence-corrected chi connectivity index (χ3v) is 5.37. The molecule has 0 unspecified atom stereocenters. The first-order valence-corrected chi connectivity index (χ1v) is 12.5. The highest BCUT2D eigenvalue weighted by molar-refractivity contribution is 5.70. The zero-order valence-corrected chi connectivity index (χ0v) is 22.1. The number of alkyl carbamates (subject to hydrolysis) is 1. The lowest BCUT2D eigenvalue weighted by atomic mass is 10.00. The minimum absolute atomic E-state index is 0.136. The maximum absolute atomic E-state index is 12.5. The molecular formula is C28H40N2O5. The van der Waals surface area contributed by atoms with E-state index in [1.807, 2.05) is 0 Å². The van der Waals surface area contributed by atoms with Crippen LogP contribution in [0.25, 0.3) is 0 Å². The lowest BCUT2D eigenvalue weighted by Crippen LogP contribution is -2.60. The van der Waals surface area contributed by atoms with Crippen LogP contribution in [0, 0.1) is 23.2 Å². The number of nitrogens with one attached hydrogen (secondary N) is 1. The minimum atomic E-state index is -1.09. The molecule has 1 aromatic rings. The molecule has 7 heteroatoms. The lowest BCUT2D eigenvalue weighted by molar-refractivity contribution is -0.262. The average molecular weight is 485 g/mol. The smallest absolute Gasteiger partial charge is 0.409 e. The largest absolute Gasteiger partial charge is 0.492 e. The first-order valence-electron chi connectivity index (χ1n) is 12.5. The summed E-state index contributed by atoms with van der Waals surface area (Å²) in [6, 6.07) is 7.46. The van der Waals surface area contributed by atoms with Crippen molar-refractivity contribution >= 4 is 6.09 Å². The van der Waals surface area contributed by atoms with Crippen LogP contribution in [0.15, 0.2) is 18.2 Å². The van der Waals surface area contributed by atoms with Gasteiger partial charge in [-0.25, -0.2) is 4.79 Å². The van der Waals surface area contributed by atoms with Crippen LogP contribution in [-0.4, -0.2) is 42.8 Å². The summed E-state index contributed by atoms with van der Waals surface area (Å²) in [5, 5.41) is 12.4. The number of hydrogen-bond donors (Lipinski definition) is 1. The normalized spacial score (nSPS) is 16.4. The van der Waals surface area contributed by atoms with Gasteiger partial charge in [0.15, 0.2) is 11.3 Å². The van der Waals surface area contributed by atoms with Gasteiger partial charge in [0.2, 0.25) is 0 Å². The molecule has 0 saturated carbocycles. The third kappa shape index (κ3) is 10.2. The number of nitrogens with zero attached hydrogens (tertiary/aromatic N) is 1. The van der Waals surface area contributed by atoms with Gasteiger partial charge in [-0.1, -0.05) is 50.9 Å². The van der Waals surface area contributed by atoms with Crippen molar-refractivity contribution in [2.45, 2.75) is 97.0 Å². The van der Waals surface area contributed by atoms with E-state index in [4.69, 9.17) is 18.9 Å². The van der Waals surface area contributed by atoms with E-state index in [9.17, 15) is 10.1 Å². The van der Waals surface area contributed by atoms with Crippen molar-refractivity contribution in [1.82, 2.24) is 5.32 Å². The first kappa shape index (κ1) is 28.5. The second kappa shape index (κ2) is 12.8. The molecule has 1 aliphatic rings. The summed E-state index contributed by atoms with van der Waals surface area (Å²) in [5.41, 5.74) is -0.684. The highest BCUT2D eigenvalue weighted by Gasteiger charge is 2.41. The SMILES string of the molecule is CCCCCCCCOc1ccc(C#CC2(NC(=O)OC(C)(C)C)COC(C)(C)OC2)cc1C#N. The summed E-state index contributed by atoms with van der Waals surface area (Å²) in [6.07, 6.45) is 6.45. The Balaban J connectivity index is 2.10. The Labute approximate surface area is 210 Å². The van der Waals surface area contributed by atoms with Crippen molar-refractivity contribution in [3.05, 3.63) is 29.3 Å². The summed E-state index contributed by atoms with van der Waals surface area (Å²) in [6.45, 7) is 12.0. The molecular weight excluding hydrogens is 444 g/mol. The van der Waals surface area contributed by atoms with Gasteiger partial charge in [-0.2, -0.15) is 5.26 Å². The molecule has 1 aromatic carbocycles. The molecule has 0 spiro atoms. The van der Waals surface area contributed by atoms with Crippen molar-refractivity contribution in [2.24, 2.45) is 0 Å². The Morgan fingerprint density at radius 3 is 2.40 bits per heavy atom. The molecule has 0 atom stereocenters. The maximum atomic E-state index is 12.5. The molecule has 1 saturated heterocycles. The van der Waals surface area contributed by atoms with Gasteiger partial charge in [-0.05, 0) is 59.2 Å². The predicted molar refractivity (Wildman–Crippen MR) is 135 cm³/mol. The van der Waals surface area contributed by atoms with Gasteiger partial charge < -0.3 is 24.3 Å². The summed E-state index contributed by atoms with van der Waals surface area (Å²) in [7, 11) is 0. The second-order valence-electron chi connectivity index (χ2n) is 10.4. The van der Waals surface area contributed by atoms with E-state index in [0.29, 0.717) is 23.5 Å². The van der Waals surface area contributed by atoms with Gasteiger partial charge >= 0.3 is 6.09 Å². The molecule has 2 rings (SSSR count). The third-order valence-electron chi connectivity index (χ3n) is 5.37. The van der Waals surface area contributed by atoms with Crippen LogP contribution < -0.4 is 10.1 Å². The Hall–Kier alpha value is -2.74. The molecule has 0 radical (unpaired) electrons. The summed E-state index contributed by atoms with van der Waals surface area (Å²) in [5.74, 6) is 5.93. The quantitative estimate of drug-likeness (QED) is 0.357. The van der Waals surface area contributed by atoms with Crippen molar-refractivity contribution < 1.29 is 23.7 Å². The van der Waals surface area contributed by atoms with E-state index in [-0.39, 0.29) is 13.2 Å². The number of rotatable bonds is 9. The van der Waals surface area contributed by atoms with Gasteiger partial charge in [-0.15, -0.1) is 0 Å². The van der Waals surface area contributed by atoms with E-state index in [1.54, 1.807) is 52.8 Å². The van der Waals surface area contributed by atoms with Crippen LogP contribution in [-0.2, 0) is 14.2 Å². The number of unbranched alkanes of at least 4 members (excludes halogenated alkanes) is 5. The number of nitriles is 1. The number of carbonyl (C=O) groups is 1. The summed E-state index contributed by atoms with van der Waals surface area (Å²) in [4.78, 5) is 12.5. The number of benzene rings is 1. The number of hydrogen-bond acceptors (Lipinski definition) is 6. The van der Waals surface area contributed by atoms with E-state index in [0.717, 1.165) is 12.8 Å². The van der Waals surface area contributed by atoms with Crippen molar-refractivity contribution in [1.29, 1.82) is 5.26 Å². The van der Waals surface area contributed by atoms with Gasteiger partial charge in [0.05, 0.1) is 25.4 Å². The molecule has 0 bridgehead atoms. The average Bonchev–Trinajstić information content (AvgIpc) is 2.78. The predicted octanol–water partition coefficient (Wildman–Crippen LogP) is 5.70. The molecule has 7 nitrogen and oxygen atoms in total. The van der Waals surface area contributed by atoms with Crippen LogP contribution in [0.2, 0.25) is 0 Å². The molecule has 35 heavy (non-hydrogen) atoms. The zero-order chi connectivity index (χ0) is 26.0. The molecule has 1 amide bonds. The molecule has 1 fully saturated rings. The van der Waals surface area contributed by atoms with E-state index >= 15 is 0 Å². The Morgan fingerprint density at radius 1 is 1.11 bits per heavy atom. The van der Waals surface area contributed by atoms with Crippen molar-refractivity contribution in [3.8, 4) is 23.7 Å². The number of ether oxygens (including phenoxy) is 4. The van der Waals surface area contributed by atoms with E-state index in [2.05, 4.69) is 30.2 Å². The highest BCUT2D eigenvalue weighted by atomic mass is 16.7. The van der Waals surface area contributed by atoms with Crippen LogP contribution in [0.4, 0.5) is 4.79 Å². The minimum Gasteiger partial charge on any atom is -0.492 e. The number of carbonyl (C=O) groups excluding carboxylic acids is 1. The molecule has 1 aliphatic heterocycles. The van der Waals surface area contributed by atoms with Crippen LogP contribution in [0.1, 0.15) is 91.2 Å². The summed E-state index contributed by atoms with van der Waals surface area (Å²) >= 11 is 0. The fraction of sp³-hybridized carbons (Fsp3) is 0.643. The molecule has 0 aliphatic carbocycles. The molecule has 192 valence electrons. The fourth-order valence-electron chi connectivity index (χ4n) is 3.43. The van der Waals surface area contributed by atoms with Crippen LogP contribution in [0.3, 0.4) is 0 Å². The molecule has 1 N–H and O–H groups in total. The standard InChI is InChI=1S/C28H40N2O5/c1-7-8-9-10-11-12-17-32-24-14-13-22(18-23(24)19-29)15-16-28(20-33-27(5,6)34-21-28)30-25(31)35-26(2,3)4/h13-14,18H,7-12,17,20-21H2,1-6H3,(H,30,31). The van der Waals surface area contributed by atoms with E-state index < -0.39 is 23.0 Å². The van der Waals surface area contributed by atoms with Crippen molar-refractivity contribution in [3.63, 3.8) is 0 Å². The van der Waals surface area contributed by atoms with Gasteiger partial charge in [-0.3, -0.25) is 0 Å². The lowest BCUT2D eigenvalue weighted by Gasteiger charge is -2.41. The van der Waals surface area contributed by atoms with E-state index in [1.165, 1.54) is 25.7 Å². The molecule has 0 aromatic heterocycles.